The van der Waals surface area contributed by atoms with Crippen LogP contribution in [0.25, 0.3) is 0 Å². The third-order valence-electron chi connectivity index (χ3n) is 4.86. The van der Waals surface area contributed by atoms with Crippen molar-refractivity contribution in [3.63, 3.8) is 0 Å². The zero-order valence-electron chi connectivity index (χ0n) is 13.8. The Morgan fingerprint density at radius 2 is 2.17 bits per heavy atom. The average Bonchev–Trinajstić information content (AvgIpc) is 2.98. The number of anilines is 1. The number of piperidine rings is 1. The zero-order valence-corrected chi connectivity index (χ0v) is 13.8. The normalized spacial score (nSPS) is 27.4. The van der Waals surface area contributed by atoms with Crippen molar-refractivity contribution < 1.29 is 4.74 Å². The van der Waals surface area contributed by atoms with Crippen molar-refractivity contribution >= 4 is 5.95 Å². The molecule has 6 heteroatoms. The second kappa shape index (κ2) is 6.83. The summed E-state index contributed by atoms with van der Waals surface area (Å²) in [6.45, 7) is 3.77. The van der Waals surface area contributed by atoms with E-state index in [1.54, 1.807) is 12.4 Å². The molecule has 2 aliphatic heterocycles. The number of nitrogens with one attached hydrogen (secondary N) is 1. The topological polar surface area (TPSA) is 63.2 Å². The molecule has 2 aromatic heterocycles. The second-order valence-electron chi connectivity index (χ2n) is 6.79. The van der Waals surface area contributed by atoms with Gasteiger partial charge in [0.1, 0.15) is 0 Å². The van der Waals surface area contributed by atoms with E-state index in [4.69, 9.17) is 4.74 Å². The summed E-state index contributed by atoms with van der Waals surface area (Å²) in [7, 11) is 0. The summed E-state index contributed by atoms with van der Waals surface area (Å²) in [5.41, 5.74) is 1.23. The van der Waals surface area contributed by atoms with Crippen molar-refractivity contribution in [1.82, 2.24) is 19.9 Å². The molecule has 0 unspecified atom stereocenters. The minimum atomic E-state index is -0.0348. The van der Waals surface area contributed by atoms with Gasteiger partial charge in [0, 0.05) is 44.3 Å². The van der Waals surface area contributed by atoms with Gasteiger partial charge in [-0.3, -0.25) is 9.88 Å². The third-order valence-corrected chi connectivity index (χ3v) is 4.86. The summed E-state index contributed by atoms with van der Waals surface area (Å²) in [5, 5.41) is 3.40. The molecule has 0 aliphatic carbocycles. The summed E-state index contributed by atoms with van der Waals surface area (Å²) in [6.07, 6.45) is 10.6. The fourth-order valence-corrected chi connectivity index (χ4v) is 3.85. The number of hydrogen-bond acceptors (Lipinski definition) is 6. The molecule has 4 heterocycles. The first-order valence-corrected chi connectivity index (χ1v) is 8.60. The van der Waals surface area contributed by atoms with Crippen LogP contribution in [-0.4, -0.2) is 51.2 Å². The molecule has 126 valence electrons. The Hall–Kier alpha value is -2.05. The molecule has 0 radical (unpaired) electrons. The first-order chi connectivity index (χ1) is 11.8. The maximum Gasteiger partial charge on any atom is 0.222 e. The van der Waals surface area contributed by atoms with Crippen molar-refractivity contribution in [3.8, 4) is 0 Å². The minimum absolute atomic E-state index is 0.0348. The molecule has 0 aromatic carbocycles. The summed E-state index contributed by atoms with van der Waals surface area (Å²) in [6, 6.07) is 6.25. The van der Waals surface area contributed by atoms with Crippen molar-refractivity contribution in [2.75, 3.05) is 25.0 Å². The molecule has 1 spiro atoms. The number of pyridine rings is 1. The number of ether oxygens (including phenoxy) is 1. The fraction of sp³-hybridized carbons (Fsp3) is 0.500. The highest BCUT2D eigenvalue weighted by atomic mass is 16.5. The first kappa shape index (κ1) is 15.5. The van der Waals surface area contributed by atoms with Crippen LogP contribution in [-0.2, 0) is 11.3 Å². The number of nitrogens with zero attached hydrogens (tertiary/aromatic N) is 4. The summed E-state index contributed by atoms with van der Waals surface area (Å²) < 4.78 is 6.26. The Morgan fingerprint density at radius 3 is 3.00 bits per heavy atom. The van der Waals surface area contributed by atoms with Crippen LogP contribution in [0.1, 0.15) is 24.8 Å². The van der Waals surface area contributed by atoms with Crippen LogP contribution in [0.4, 0.5) is 5.95 Å². The van der Waals surface area contributed by atoms with Crippen LogP contribution in [0.15, 0.2) is 43.0 Å². The van der Waals surface area contributed by atoms with Gasteiger partial charge in [0.2, 0.25) is 5.95 Å². The number of aromatic nitrogens is 3. The number of hydrogen-bond donors (Lipinski definition) is 1. The van der Waals surface area contributed by atoms with Gasteiger partial charge in [0.25, 0.3) is 0 Å². The van der Waals surface area contributed by atoms with E-state index in [9.17, 15) is 0 Å². The lowest BCUT2D eigenvalue weighted by Crippen LogP contribution is -2.47. The SMILES string of the molecule is c1cnc(N[C@H]2CO[C@]3(CCCN(Cc4cccnc4)C3)C2)nc1. The quantitative estimate of drug-likeness (QED) is 0.929. The molecular formula is C18H23N5O. The molecule has 6 nitrogen and oxygen atoms in total. The van der Waals surface area contributed by atoms with Gasteiger partial charge >= 0.3 is 0 Å². The lowest BCUT2D eigenvalue weighted by Gasteiger charge is -2.39. The Kier molecular flexibility index (Phi) is 4.40. The summed E-state index contributed by atoms with van der Waals surface area (Å²) in [4.78, 5) is 15.2. The van der Waals surface area contributed by atoms with E-state index in [2.05, 4.69) is 31.2 Å². The van der Waals surface area contributed by atoms with E-state index >= 15 is 0 Å². The van der Waals surface area contributed by atoms with Gasteiger partial charge in [-0.05, 0) is 37.1 Å². The van der Waals surface area contributed by atoms with Gasteiger partial charge in [-0.1, -0.05) is 6.07 Å². The molecule has 24 heavy (non-hydrogen) atoms. The van der Waals surface area contributed by atoms with Crippen LogP contribution >= 0.6 is 0 Å². The van der Waals surface area contributed by atoms with Crippen LogP contribution in [0, 0.1) is 0 Å². The minimum Gasteiger partial charge on any atom is -0.371 e. The van der Waals surface area contributed by atoms with E-state index in [-0.39, 0.29) is 11.6 Å². The van der Waals surface area contributed by atoms with E-state index in [1.165, 1.54) is 12.0 Å². The van der Waals surface area contributed by atoms with E-state index in [1.807, 2.05) is 24.5 Å². The van der Waals surface area contributed by atoms with Gasteiger partial charge < -0.3 is 10.1 Å². The Labute approximate surface area is 142 Å². The molecule has 2 aliphatic rings. The molecule has 4 rings (SSSR count). The number of likely N-dealkylation sites (tertiary alicyclic amines) is 1. The third kappa shape index (κ3) is 3.55. The van der Waals surface area contributed by atoms with Crippen molar-refractivity contribution in [2.24, 2.45) is 0 Å². The number of rotatable bonds is 4. The molecule has 2 saturated heterocycles. The highest BCUT2D eigenvalue weighted by Crippen LogP contribution is 2.35. The molecule has 2 fully saturated rings. The van der Waals surface area contributed by atoms with E-state index < -0.39 is 0 Å². The monoisotopic (exact) mass is 325 g/mol. The highest BCUT2D eigenvalue weighted by Gasteiger charge is 2.43. The molecule has 0 amide bonds. The summed E-state index contributed by atoms with van der Waals surface area (Å²) >= 11 is 0. The van der Waals surface area contributed by atoms with Crippen molar-refractivity contribution in [2.45, 2.75) is 37.5 Å². The maximum atomic E-state index is 6.26. The Bertz CT molecular complexity index is 653. The lowest BCUT2D eigenvalue weighted by atomic mass is 9.88. The van der Waals surface area contributed by atoms with E-state index in [0.717, 1.165) is 39.1 Å². The molecular weight excluding hydrogens is 302 g/mol. The average molecular weight is 325 g/mol. The first-order valence-electron chi connectivity index (χ1n) is 8.60. The fourth-order valence-electron chi connectivity index (χ4n) is 3.85. The molecule has 1 N–H and O–H groups in total. The van der Waals surface area contributed by atoms with Crippen LogP contribution < -0.4 is 5.32 Å². The lowest BCUT2D eigenvalue weighted by molar-refractivity contribution is -0.0533. The molecule has 0 bridgehead atoms. The highest BCUT2D eigenvalue weighted by molar-refractivity contribution is 5.25. The van der Waals surface area contributed by atoms with Crippen LogP contribution in [0.3, 0.4) is 0 Å². The molecule has 2 atom stereocenters. The van der Waals surface area contributed by atoms with Crippen LogP contribution in [0.2, 0.25) is 0 Å². The standard InChI is InChI=1S/C18H23N5O/c1-4-15(11-19-6-1)12-23-9-2-5-18(14-23)10-16(13-24-18)22-17-20-7-3-8-21-17/h1,3-4,6-8,11,16H,2,5,9-10,12-14H2,(H,20,21,22)/t16-,18-/m1/s1. The smallest absolute Gasteiger partial charge is 0.222 e. The van der Waals surface area contributed by atoms with Gasteiger partial charge in [0.15, 0.2) is 0 Å². The zero-order chi connectivity index (χ0) is 16.2. The van der Waals surface area contributed by atoms with E-state index in [0.29, 0.717) is 5.95 Å². The van der Waals surface area contributed by atoms with Gasteiger partial charge in [-0.15, -0.1) is 0 Å². The predicted molar refractivity (Wildman–Crippen MR) is 91.5 cm³/mol. The molecule has 0 saturated carbocycles. The predicted octanol–water partition coefficient (Wildman–Crippen LogP) is 2.11. The van der Waals surface area contributed by atoms with Crippen molar-refractivity contribution in [3.05, 3.63) is 48.5 Å². The Morgan fingerprint density at radius 1 is 1.25 bits per heavy atom. The largest absolute Gasteiger partial charge is 0.371 e. The summed E-state index contributed by atoms with van der Waals surface area (Å²) in [5.74, 6) is 0.686. The maximum absolute atomic E-state index is 6.26. The van der Waals surface area contributed by atoms with Gasteiger partial charge in [-0.2, -0.15) is 0 Å². The van der Waals surface area contributed by atoms with Crippen LogP contribution in [0.5, 0.6) is 0 Å². The van der Waals surface area contributed by atoms with Gasteiger partial charge in [-0.25, -0.2) is 9.97 Å². The van der Waals surface area contributed by atoms with Gasteiger partial charge in [0.05, 0.1) is 18.2 Å². The van der Waals surface area contributed by atoms with Crippen molar-refractivity contribution in [1.29, 1.82) is 0 Å². The molecule has 2 aromatic rings. The second-order valence-corrected chi connectivity index (χ2v) is 6.79. The Balaban J connectivity index is 1.37.